The summed E-state index contributed by atoms with van der Waals surface area (Å²) < 4.78 is 0. The van der Waals surface area contributed by atoms with Crippen molar-refractivity contribution >= 4 is 23.9 Å². The molecule has 0 radical (unpaired) electrons. The van der Waals surface area contributed by atoms with E-state index in [2.05, 4.69) is 18.0 Å². The van der Waals surface area contributed by atoms with Gasteiger partial charge >= 0.3 is 0 Å². The second-order valence-electron chi connectivity index (χ2n) is 7.99. The number of aryl methyl sites for hydroxylation is 1. The first-order chi connectivity index (χ1) is 14.5. The average molecular weight is 406 g/mol. The number of fused-ring (bicyclic) bond motifs is 1. The van der Waals surface area contributed by atoms with Gasteiger partial charge in [0, 0.05) is 56.6 Å². The van der Waals surface area contributed by atoms with Crippen LogP contribution in [-0.4, -0.2) is 65.2 Å². The van der Waals surface area contributed by atoms with Gasteiger partial charge in [-0.2, -0.15) is 0 Å². The zero-order valence-corrected chi connectivity index (χ0v) is 17.4. The van der Waals surface area contributed by atoms with Crippen molar-refractivity contribution in [3.8, 4) is 11.1 Å². The number of aromatic nitrogens is 1. The highest BCUT2D eigenvalue weighted by Crippen LogP contribution is 2.34. The maximum Gasteiger partial charge on any atom is 0.272 e. The van der Waals surface area contributed by atoms with Gasteiger partial charge in [-0.25, -0.2) is 0 Å². The molecule has 0 bridgehead atoms. The summed E-state index contributed by atoms with van der Waals surface area (Å²) >= 11 is 0. The monoisotopic (exact) mass is 406 g/mol. The Bertz CT molecular complexity index is 965. The number of benzene rings is 1. The highest BCUT2D eigenvalue weighted by atomic mass is 16.2. The Hall–Kier alpha value is -3.22. The second kappa shape index (κ2) is 8.26. The number of hydrogen-bond acceptors (Lipinski definition) is 4. The van der Waals surface area contributed by atoms with E-state index in [1.807, 2.05) is 23.1 Å². The zero-order chi connectivity index (χ0) is 21.3. The van der Waals surface area contributed by atoms with Crippen LogP contribution in [0, 0.1) is 0 Å². The van der Waals surface area contributed by atoms with Crippen LogP contribution >= 0.6 is 0 Å². The Balaban J connectivity index is 1.51. The third kappa shape index (κ3) is 3.79. The Labute approximate surface area is 176 Å². The molecule has 0 N–H and O–H groups in total. The lowest BCUT2D eigenvalue weighted by Gasteiger charge is -2.34. The van der Waals surface area contributed by atoms with Crippen LogP contribution in [0.3, 0.4) is 0 Å². The van der Waals surface area contributed by atoms with Gasteiger partial charge in [0.2, 0.25) is 12.3 Å². The number of anilines is 1. The maximum absolute atomic E-state index is 12.7. The summed E-state index contributed by atoms with van der Waals surface area (Å²) in [5.74, 6) is -0.0432. The van der Waals surface area contributed by atoms with Crippen molar-refractivity contribution in [3.63, 3.8) is 0 Å². The fourth-order valence-electron chi connectivity index (χ4n) is 4.29. The van der Waals surface area contributed by atoms with Crippen LogP contribution in [0.1, 0.15) is 36.3 Å². The van der Waals surface area contributed by atoms with Crippen molar-refractivity contribution in [2.45, 2.75) is 32.7 Å². The predicted octanol–water partition coefficient (Wildman–Crippen LogP) is 2.35. The van der Waals surface area contributed by atoms with E-state index < -0.39 is 0 Å². The van der Waals surface area contributed by atoms with Crippen molar-refractivity contribution < 1.29 is 14.4 Å². The number of pyridine rings is 1. The Kier molecular flexibility index (Phi) is 5.53. The van der Waals surface area contributed by atoms with Gasteiger partial charge in [-0.1, -0.05) is 12.1 Å². The smallest absolute Gasteiger partial charge is 0.272 e. The highest BCUT2D eigenvalue weighted by Gasteiger charge is 2.26. The van der Waals surface area contributed by atoms with Gasteiger partial charge in [0.25, 0.3) is 5.91 Å². The lowest BCUT2D eigenvalue weighted by molar-refractivity contribution is -0.119. The minimum Gasteiger partial charge on any atom is -0.342 e. The van der Waals surface area contributed by atoms with Gasteiger partial charge in [0.1, 0.15) is 5.69 Å². The zero-order valence-electron chi connectivity index (χ0n) is 17.4. The third-order valence-electron chi connectivity index (χ3n) is 6.02. The molecule has 156 valence electrons. The molecule has 0 saturated carbocycles. The first-order valence-corrected chi connectivity index (χ1v) is 10.4. The van der Waals surface area contributed by atoms with Crippen LogP contribution in [-0.2, 0) is 16.0 Å². The Morgan fingerprint density at radius 3 is 2.43 bits per heavy atom. The molecule has 1 aromatic carbocycles. The molecule has 2 aliphatic heterocycles. The fourth-order valence-corrected chi connectivity index (χ4v) is 4.29. The molecule has 30 heavy (non-hydrogen) atoms. The average Bonchev–Trinajstić information content (AvgIpc) is 2.78. The van der Waals surface area contributed by atoms with E-state index in [4.69, 9.17) is 0 Å². The van der Waals surface area contributed by atoms with Gasteiger partial charge < -0.3 is 14.7 Å². The topological polar surface area (TPSA) is 73.8 Å². The van der Waals surface area contributed by atoms with E-state index in [-0.39, 0.29) is 17.9 Å². The van der Waals surface area contributed by atoms with E-state index in [1.54, 1.807) is 29.0 Å². The molecule has 1 atom stereocenters. The van der Waals surface area contributed by atoms with Crippen LogP contribution in [0.4, 0.5) is 5.69 Å². The van der Waals surface area contributed by atoms with E-state index >= 15 is 0 Å². The molecular formula is C23H26N4O3. The molecule has 3 heterocycles. The largest absolute Gasteiger partial charge is 0.342 e. The summed E-state index contributed by atoms with van der Waals surface area (Å²) in [4.78, 5) is 45.2. The highest BCUT2D eigenvalue weighted by molar-refractivity contribution is 5.94. The molecule has 1 saturated heterocycles. The minimum absolute atomic E-state index is 0.0645. The summed E-state index contributed by atoms with van der Waals surface area (Å²) in [6.07, 6.45) is 4.43. The predicted molar refractivity (Wildman–Crippen MR) is 114 cm³/mol. The summed E-state index contributed by atoms with van der Waals surface area (Å²) in [6.45, 7) is 5.85. The minimum atomic E-state index is -0.108. The Morgan fingerprint density at radius 2 is 1.80 bits per heavy atom. The van der Waals surface area contributed by atoms with Gasteiger partial charge in [-0.3, -0.25) is 19.4 Å². The van der Waals surface area contributed by atoms with Crippen LogP contribution < -0.4 is 4.90 Å². The number of hydrogen-bond donors (Lipinski definition) is 0. The second-order valence-corrected chi connectivity index (χ2v) is 7.99. The van der Waals surface area contributed by atoms with E-state index in [1.165, 1.54) is 0 Å². The van der Waals surface area contributed by atoms with E-state index in [0.29, 0.717) is 31.9 Å². The molecule has 0 unspecified atom stereocenters. The number of nitrogens with zero attached hydrogens (tertiary/aromatic N) is 4. The van der Waals surface area contributed by atoms with Crippen molar-refractivity contribution in [1.82, 2.24) is 14.8 Å². The number of carbonyl (C=O) groups is 3. The van der Waals surface area contributed by atoms with Gasteiger partial charge in [-0.15, -0.1) is 0 Å². The molecule has 0 aliphatic carbocycles. The standard InChI is InChI=1S/C23H26N4O3/c1-16-3-4-19-13-18(6-8-22(19)27(16)17(2)29)20-5-7-21(24-14-20)23(30)26-11-9-25(15-28)10-12-26/h5-8,13-16H,3-4,9-12H2,1-2H3/t16-/m0/s1. The van der Waals surface area contributed by atoms with Crippen molar-refractivity contribution in [2.75, 3.05) is 31.1 Å². The van der Waals surface area contributed by atoms with E-state index in [9.17, 15) is 14.4 Å². The molecule has 2 aliphatic rings. The molecule has 1 aromatic heterocycles. The normalized spacial score (nSPS) is 18.7. The van der Waals surface area contributed by atoms with Gasteiger partial charge in [0.15, 0.2) is 0 Å². The molecule has 3 amide bonds. The first-order valence-electron chi connectivity index (χ1n) is 10.4. The van der Waals surface area contributed by atoms with Crippen LogP contribution in [0.25, 0.3) is 11.1 Å². The van der Waals surface area contributed by atoms with E-state index in [0.717, 1.165) is 41.6 Å². The lowest BCUT2D eigenvalue weighted by Crippen LogP contribution is -2.48. The summed E-state index contributed by atoms with van der Waals surface area (Å²) in [5, 5.41) is 0. The Morgan fingerprint density at radius 1 is 1.07 bits per heavy atom. The summed E-state index contributed by atoms with van der Waals surface area (Å²) in [7, 11) is 0. The SMILES string of the molecule is CC(=O)N1c2ccc(-c3ccc(C(=O)N4CCN(C=O)CC4)nc3)cc2CC[C@@H]1C. The molecule has 1 fully saturated rings. The van der Waals surface area contributed by atoms with Gasteiger partial charge in [-0.05, 0) is 49.1 Å². The molecular weight excluding hydrogens is 380 g/mol. The summed E-state index contributed by atoms with van der Waals surface area (Å²) in [5.41, 5.74) is 4.52. The van der Waals surface area contributed by atoms with Crippen molar-refractivity contribution in [3.05, 3.63) is 47.8 Å². The number of carbonyl (C=O) groups excluding carboxylic acids is 3. The molecule has 4 rings (SSSR count). The van der Waals surface area contributed by atoms with Crippen molar-refractivity contribution in [1.29, 1.82) is 0 Å². The number of rotatable bonds is 3. The number of piperazine rings is 1. The molecule has 7 heteroatoms. The third-order valence-corrected chi connectivity index (χ3v) is 6.02. The lowest BCUT2D eigenvalue weighted by atomic mass is 9.93. The van der Waals surface area contributed by atoms with Crippen LogP contribution in [0.2, 0.25) is 0 Å². The van der Waals surface area contributed by atoms with Crippen LogP contribution in [0.5, 0.6) is 0 Å². The number of amides is 3. The molecule has 7 nitrogen and oxygen atoms in total. The van der Waals surface area contributed by atoms with Crippen LogP contribution in [0.15, 0.2) is 36.5 Å². The maximum atomic E-state index is 12.7. The van der Waals surface area contributed by atoms with Crippen molar-refractivity contribution in [2.24, 2.45) is 0 Å². The first kappa shape index (κ1) is 20.1. The summed E-state index contributed by atoms with van der Waals surface area (Å²) in [6, 6.07) is 10.0. The molecule has 0 spiro atoms. The quantitative estimate of drug-likeness (QED) is 0.734. The van der Waals surface area contributed by atoms with Gasteiger partial charge in [0.05, 0.1) is 0 Å². The fraction of sp³-hybridized carbons (Fsp3) is 0.391. The molecule has 2 aromatic rings.